The standard InChI is InChI=1S/C22H31N7S/c1-15(2)16(11-23)10-21(25)29-22-6-5-19-20(28-22)9-17(14-27-19)18(12-24)13-26-7-4-8-30-3/h5-6,9-15,23,27-28H,4,7-8,24H2,1-3H3,(H2,25,29). The molecular formula is C22H31N7S. The number of hydrogen-bond acceptors (Lipinski definition) is 7. The number of fused-ring (bicyclic) bond motifs is 1. The molecule has 2 rings (SSSR count). The number of nitrogens with zero attached hydrogens (tertiary/aromatic N) is 1. The van der Waals surface area contributed by atoms with Gasteiger partial charge in [0.2, 0.25) is 0 Å². The van der Waals surface area contributed by atoms with Gasteiger partial charge < -0.3 is 27.1 Å². The predicted octanol–water partition coefficient (Wildman–Crippen LogP) is 3.15. The third kappa shape index (κ3) is 6.81. The highest BCUT2D eigenvalue weighted by Gasteiger charge is 2.17. The minimum atomic E-state index is 0.186. The van der Waals surface area contributed by atoms with Crippen molar-refractivity contribution >= 4 is 30.0 Å². The summed E-state index contributed by atoms with van der Waals surface area (Å²) in [6, 6.07) is 0. The van der Waals surface area contributed by atoms with E-state index in [4.69, 9.17) is 16.6 Å². The first-order valence-electron chi connectivity index (χ1n) is 9.85. The second-order valence-electron chi connectivity index (χ2n) is 7.07. The molecule has 0 aromatic heterocycles. The van der Waals surface area contributed by atoms with E-state index in [2.05, 4.69) is 27.2 Å². The molecule has 0 saturated heterocycles. The maximum absolute atomic E-state index is 8.16. The number of dihydropyridines is 2. The average Bonchev–Trinajstić information content (AvgIpc) is 2.74. The Kier molecular flexibility index (Phi) is 9.21. The molecule has 160 valence electrons. The van der Waals surface area contributed by atoms with Crippen LogP contribution in [-0.4, -0.2) is 36.8 Å². The minimum Gasteiger partial charge on any atom is -0.404 e. The van der Waals surface area contributed by atoms with Gasteiger partial charge in [0, 0.05) is 42.5 Å². The molecule has 7 nitrogen and oxygen atoms in total. The molecule has 2 aliphatic rings. The van der Waals surface area contributed by atoms with Crippen LogP contribution in [0.3, 0.4) is 0 Å². The maximum atomic E-state index is 8.16. The van der Waals surface area contributed by atoms with E-state index in [1.165, 1.54) is 6.21 Å². The lowest BCUT2D eigenvalue weighted by Crippen LogP contribution is -2.34. The number of nitrogens with two attached hydrogens (primary N) is 1. The Morgan fingerprint density at radius 3 is 2.80 bits per heavy atom. The number of nitrogens with one attached hydrogen (secondary N) is 5. The highest BCUT2D eigenvalue weighted by atomic mass is 32.2. The van der Waals surface area contributed by atoms with Gasteiger partial charge in [-0.15, -0.1) is 0 Å². The SMILES string of the molecule is CSCCCN=CC(=CN)C1=CNC2=CC=C(NC(=N)C=C(C=N)C(C)C)NC2=C1. The molecule has 0 aromatic carbocycles. The molecule has 0 unspecified atom stereocenters. The second-order valence-corrected chi connectivity index (χ2v) is 8.06. The summed E-state index contributed by atoms with van der Waals surface area (Å²) in [4.78, 5) is 4.47. The molecule has 8 heteroatoms. The van der Waals surface area contributed by atoms with E-state index in [1.54, 1.807) is 12.3 Å². The van der Waals surface area contributed by atoms with Gasteiger partial charge in [0.25, 0.3) is 0 Å². The van der Waals surface area contributed by atoms with Crippen LogP contribution in [0.15, 0.2) is 75.6 Å². The number of allylic oxidation sites excluding steroid dienone is 6. The summed E-state index contributed by atoms with van der Waals surface area (Å²) in [7, 11) is 0. The zero-order chi connectivity index (χ0) is 21.9. The zero-order valence-corrected chi connectivity index (χ0v) is 18.6. The lowest BCUT2D eigenvalue weighted by molar-refractivity contribution is 0.804. The van der Waals surface area contributed by atoms with Gasteiger partial charge in [-0.2, -0.15) is 11.8 Å². The van der Waals surface area contributed by atoms with Gasteiger partial charge in [0.1, 0.15) is 11.7 Å². The van der Waals surface area contributed by atoms with E-state index >= 15 is 0 Å². The Labute approximate surface area is 183 Å². The Hall–Kier alpha value is -3.00. The van der Waals surface area contributed by atoms with Crippen molar-refractivity contribution in [1.29, 1.82) is 10.8 Å². The van der Waals surface area contributed by atoms with E-state index in [9.17, 15) is 0 Å². The Bertz CT molecular complexity index is 870. The van der Waals surface area contributed by atoms with Gasteiger partial charge in [-0.05, 0) is 54.2 Å². The summed E-state index contributed by atoms with van der Waals surface area (Å²) in [5.74, 6) is 2.19. The molecule has 0 atom stereocenters. The topological polar surface area (TPSA) is 122 Å². The molecule has 0 radical (unpaired) electrons. The van der Waals surface area contributed by atoms with Crippen molar-refractivity contribution in [2.24, 2.45) is 16.6 Å². The Balaban J connectivity index is 2.05. The summed E-state index contributed by atoms with van der Waals surface area (Å²) in [5.41, 5.74) is 10.2. The summed E-state index contributed by atoms with van der Waals surface area (Å²) >= 11 is 1.82. The smallest absolute Gasteiger partial charge is 0.123 e. The lowest BCUT2D eigenvalue weighted by atomic mass is 10.0. The van der Waals surface area contributed by atoms with Crippen LogP contribution in [0.5, 0.6) is 0 Å². The largest absolute Gasteiger partial charge is 0.404 e. The Morgan fingerprint density at radius 2 is 2.13 bits per heavy atom. The van der Waals surface area contributed by atoms with Crippen molar-refractivity contribution in [3.05, 3.63) is 70.6 Å². The first-order chi connectivity index (χ1) is 14.5. The predicted molar refractivity (Wildman–Crippen MR) is 130 cm³/mol. The Morgan fingerprint density at radius 1 is 1.33 bits per heavy atom. The van der Waals surface area contributed by atoms with Gasteiger partial charge in [-0.1, -0.05) is 13.8 Å². The van der Waals surface area contributed by atoms with Crippen molar-refractivity contribution in [2.75, 3.05) is 18.6 Å². The van der Waals surface area contributed by atoms with Crippen LogP contribution in [0.4, 0.5) is 0 Å². The van der Waals surface area contributed by atoms with Crippen molar-refractivity contribution in [1.82, 2.24) is 16.0 Å². The second kappa shape index (κ2) is 11.9. The van der Waals surface area contributed by atoms with Crippen LogP contribution in [0.2, 0.25) is 0 Å². The van der Waals surface area contributed by atoms with Crippen molar-refractivity contribution < 1.29 is 0 Å². The highest BCUT2D eigenvalue weighted by Crippen LogP contribution is 2.21. The number of rotatable bonds is 10. The molecule has 0 aliphatic carbocycles. The van der Waals surface area contributed by atoms with Crippen molar-refractivity contribution in [3.63, 3.8) is 0 Å². The van der Waals surface area contributed by atoms with Crippen LogP contribution >= 0.6 is 11.8 Å². The van der Waals surface area contributed by atoms with E-state index in [1.807, 2.05) is 56.3 Å². The fourth-order valence-corrected chi connectivity index (χ4v) is 3.16. The molecule has 30 heavy (non-hydrogen) atoms. The molecule has 0 saturated carbocycles. The van der Waals surface area contributed by atoms with Crippen LogP contribution in [0, 0.1) is 16.7 Å². The highest BCUT2D eigenvalue weighted by molar-refractivity contribution is 7.98. The van der Waals surface area contributed by atoms with Gasteiger partial charge in [0.05, 0.1) is 11.4 Å². The molecule has 2 heterocycles. The molecule has 0 spiro atoms. The number of aliphatic imine (C=N–C) groups is 1. The molecule has 7 N–H and O–H groups in total. The molecule has 0 bridgehead atoms. The third-order valence-corrected chi connectivity index (χ3v) is 5.15. The van der Waals surface area contributed by atoms with E-state index in [0.717, 1.165) is 46.8 Å². The molecule has 2 aliphatic heterocycles. The normalized spacial score (nSPS) is 16.7. The quantitative estimate of drug-likeness (QED) is 0.182. The van der Waals surface area contributed by atoms with Gasteiger partial charge >= 0.3 is 0 Å². The van der Waals surface area contributed by atoms with Gasteiger partial charge in [0.15, 0.2) is 0 Å². The van der Waals surface area contributed by atoms with E-state index < -0.39 is 0 Å². The fraction of sp³-hybridized carbons (Fsp3) is 0.318. The van der Waals surface area contributed by atoms with Crippen molar-refractivity contribution in [3.8, 4) is 0 Å². The number of thioether (sulfide) groups is 1. The fourth-order valence-electron chi connectivity index (χ4n) is 2.74. The monoisotopic (exact) mass is 425 g/mol. The number of hydrogen-bond donors (Lipinski definition) is 6. The number of amidine groups is 1. The van der Waals surface area contributed by atoms with Crippen molar-refractivity contribution in [2.45, 2.75) is 20.3 Å². The van der Waals surface area contributed by atoms with Crippen LogP contribution < -0.4 is 21.7 Å². The van der Waals surface area contributed by atoms with Crippen LogP contribution in [0.25, 0.3) is 0 Å². The molecule has 0 amide bonds. The maximum Gasteiger partial charge on any atom is 0.123 e. The molecule has 0 fully saturated rings. The van der Waals surface area contributed by atoms with Gasteiger partial charge in [-0.3, -0.25) is 10.4 Å². The lowest BCUT2D eigenvalue weighted by Gasteiger charge is -2.25. The molecular weight excluding hydrogens is 394 g/mol. The minimum absolute atomic E-state index is 0.186. The van der Waals surface area contributed by atoms with Crippen LogP contribution in [0.1, 0.15) is 20.3 Å². The molecule has 0 aromatic rings. The zero-order valence-electron chi connectivity index (χ0n) is 17.8. The first kappa shape index (κ1) is 23.3. The van der Waals surface area contributed by atoms with Gasteiger partial charge in [-0.25, -0.2) is 0 Å². The summed E-state index contributed by atoms with van der Waals surface area (Å²) < 4.78 is 0. The average molecular weight is 426 g/mol. The first-order valence-corrected chi connectivity index (χ1v) is 11.2. The van der Waals surface area contributed by atoms with E-state index in [-0.39, 0.29) is 11.8 Å². The summed E-state index contributed by atoms with van der Waals surface area (Å²) in [6.07, 6.45) is 17.2. The van der Waals surface area contributed by atoms with Crippen LogP contribution in [-0.2, 0) is 0 Å². The summed E-state index contributed by atoms with van der Waals surface area (Å²) in [6.45, 7) is 4.77. The summed E-state index contributed by atoms with van der Waals surface area (Å²) in [5, 5.41) is 25.2. The van der Waals surface area contributed by atoms with E-state index in [0.29, 0.717) is 5.82 Å². The third-order valence-electron chi connectivity index (χ3n) is 4.45.